The molecule has 0 N–H and O–H groups in total. The fraction of sp³-hybridized carbons (Fsp3) is 0.714. The van der Waals surface area contributed by atoms with Gasteiger partial charge in [0.25, 0.3) is 0 Å². The lowest BCUT2D eigenvalue weighted by Crippen LogP contribution is -2.21. The standard InChI is InChI=1S/C13H18.C13H16.C11H20.C10H18O.C6H12.C5H10O.C5H12/c2*1-10(2)7-11-8-12-5-3-4-6-13(12)9-11;1-8(2)5-11-7-9-3-4-10(11)6-9;1-8(2)10(11)9-6-4-3-5-7-9;1-5(2)6(3)4;1-4(2)5(3)6;1-4-5(2)3/h3-6,10-11H,7-9H2,1-2H3;3-6,8,10H,7,9H2,1-2H3;8-11H,3-7H2,1-2H3;8-9H,3-7H2,1-2H3;6H,1H2,2-4H3;4H,1-3H3;5H,4H2,1-3H3. The van der Waals surface area contributed by atoms with Crippen LogP contribution in [0.1, 0.15) is 223 Å². The number of ketones is 2. The van der Waals surface area contributed by atoms with Gasteiger partial charge in [-0.05, 0) is 160 Å². The van der Waals surface area contributed by atoms with Crippen LogP contribution in [-0.2, 0) is 28.9 Å². The Bertz CT molecular complexity index is 1570. The predicted molar refractivity (Wildman–Crippen MR) is 289 cm³/mol. The molecule has 5 aliphatic rings. The van der Waals surface area contributed by atoms with Crippen LogP contribution < -0.4 is 0 Å². The molecule has 370 valence electrons. The smallest absolute Gasteiger partial charge is 0.138 e. The SMILES string of the molecule is C=C(C)C(C)C.CC(=O)C(C)C.CC(C)C(=O)C1CCCCC1.CC(C)CC1=Cc2ccccc2C1.CC(C)CC1CC2CCC1C2.CC(C)CC1Cc2ccccc2C1.CCC(C)C. The lowest BCUT2D eigenvalue weighted by Gasteiger charge is -2.22. The summed E-state index contributed by atoms with van der Waals surface area (Å²) in [6, 6.07) is 17.6. The first-order valence-electron chi connectivity index (χ1n) is 27.1. The number of benzene rings is 2. The average Bonchev–Trinajstić information content (AvgIpc) is 4.05. The summed E-state index contributed by atoms with van der Waals surface area (Å²) in [6.45, 7) is 40.1. The second kappa shape index (κ2) is 32.9. The number of hydrogen-bond acceptors (Lipinski definition) is 2. The van der Waals surface area contributed by atoms with E-state index in [1.165, 1.54) is 80.9 Å². The average molecular weight is 896 g/mol. The Morgan fingerprint density at radius 1 is 0.600 bits per heavy atom. The second-order valence-electron chi connectivity index (χ2n) is 23.5. The van der Waals surface area contributed by atoms with Crippen molar-refractivity contribution in [3.63, 3.8) is 0 Å². The predicted octanol–water partition coefficient (Wildman–Crippen LogP) is 18.9. The topological polar surface area (TPSA) is 34.1 Å². The third-order valence-corrected chi connectivity index (χ3v) is 14.3. The summed E-state index contributed by atoms with van der Waals surface area (Å²) in [5, 5.41) is 0. The highest BCUT2D eigenvalue weighted by Gasteiger charge is 2.39. The monoisotopic (exact) mass is 895 g/mol. The maximum Gasteiger partial charge on any atom is 0.138 e. The molecule has 65 heavy (non-hydrogen) atoms. The van der Waals surface area contributed by atoms with Gasteiger partial charge < -0.3 is 0 Å². The van der Waals surface area contributed by atoms with E-state index in [4.69, 9.17) is 0 Å². The first-order chi connectivity index (χ1) is 30.5. The highest BCUT2D eigenvalue weighted by atomic mass is 16.1. The maximum absolute atomic E-state index is 11.5. The van der Waals surface area contributed by atoms with Crippen molar-refractivity contribution in [1.82, 2.24) is 0 Å². The number of carbonyl (C=O) groups excluding carboxylic acids is 2. The van der Waals surface area contributed by atoms with Gasteiger partial charge in [-0.15, -0.1) is 0 Å². The van der Waals surface area contributed by atoms with Crippen LogP contribution in [0.4, 0.5) is 0 Å². The summed E-state index contributed by atoms with van der Waals surface area (Å²) in [6.07, 6.45) is 24.0. The van der Waals surface area contributed by atoms with E-state index < -0.39 is 0 Å². The molecule has 2 nitrogen and oxygen atoms in total. The molecule has 3 saturated carbocycles. The molecule has 3 unspecified atom stereocenters. The first-order valence-corrected chi connectivity index (χ1v) is 27.1. The van der Waals surface area contributed by atoms with Gasteiger partial charge in [0.2, 0.25) is 0 Å². The fourth-order valence-electron chi connectivity index (χ4n) is 9.62. The van der Waals surface area contributed by atoms with E-state index in [0.29, 0.717) is 17.6 Å². The highest BCUT2D eigenvalue weighted by molar-refractivity contribution is 5.82. The molecule has 7 rings (SSSR count). The van der Waals surface area contributed by atoms with Crippen molar-refractivity contribution in [2.75, 3.05) is 0 Å². The minimum atomic E-state index is 0.213. The molecule has 2 aromatic carbocycles. The molecule has 2 bridgehead atoms. The van der Waals surface area contributed by atoms with Crippen molar-refractivity contribution in [3.05, 3.63) is 88.5 Å². The second-order valence-corrected chi connectivity index (χ2v) is 23.5. The van der Waals surface area contributed by atoms with Crippen molar-refractivity contribution in [2.45, 2.75) is 220 Å². The Morgan fingerprint density at radius 3 is 1.46 bits per heavy atom. The van der Waals surface area contributed by atoms with E-state index in [2.05, 4.69) is 137 Å². The van der Waals surface area contributed by atoms with E-state index in [-0.39, 0.29) is 17.6 Å². The van der Waals surface area contributed by atoms with Crippen molar-refractivity contribution >= 4 is 17.6 Å². The molecule has 3 atom stereocenters. The number of carbonyl (C=O) groups is 2. The van der Waals surface area contributed by atoms with E-state index >= 15 is 0 Å². The van der Waals surface area contributed by atoms with Crippen molar-refractivity contribution in [2.24, 2.45) is 71.0 Å². The number of allylic oxidation sites excluding steroid dienone is 2. The summed E-state index contributed by atoms with van der Waals surface area (Å²) >= 11 is 0. The Labute approximate surface area is 405 Å². The van der Waals surface area contributed by atoms with Gasteiger partial charge in [-0.2, -0.15) is 0 Å². The molecular weight excluding hydrogens is 789 g/mol. The third kappa shape index (κ3) is 26.4. The van der Waals surface area contributed by atoms with Gasteiger partial charge in [0.1, 0.15) is 11.6 Å². The molecule has 0 saturated heterocycles. The quantitative estimate of drug-likeness (QED) is 0.211. The van der Waals surface area contributed by atoms with Crippen molar-refractivity contribution in [3.8, 4) is 0 Å². The molecule has 3 fully saturated rings. The molecule has 0 radical (unpaired) electrons. The first kappa shape index (κ1) is 60.3. The molecule has 0 heterocycles. The van der Waals surface area contributed by atoms with Crippen LogP contribution >= 0.6 is 0 Å². The number of Topliss-reactive ketones (excluding diaryl/α,β-unsaturated/α-hetero) is 2. The maximum atomic E-state index is 11.5. The van der Waals surface area contributed by atoms with Crippen molar-refractivity contribution in [1.29, 1.82) is 0 Å². The molecule has 0 amide bonds. The van der Waals surface area contributed by atoms with Crippen LogP contribution in [-0.4, -0.2) is 11.6 Å². The fourth-order valence-corrected chi connectivity index (χ4v) is 9.62. The number of fused-ring (bicyclic) bond motifs is 4. The summed E-state index contributed by atoms with van der Waals surface area (Å²) < 4.78 is 0. The Morgan fingerprint density at radius 2 is 1.09 bits per heavy atom. The summed E-state index contributed by atoms with van der Waals surface area (Å²) in [7, 11) is 0. The summed E-state index contributed by atoms with van der Waals surface area (Å²) in [4.78, 5) is 21.6. The molecular formula is C63H106O2. The normalized spacial score (nSPS) is 19.3. The minimum Gasteiger partial charge on any atom is -0.300 e. The van der Waals surface area contributed by atoms with E-state index in [9.17, 15) is 9.59 Å². The lowest BCUT2D eigenvalue weighted by atomic mass is 9.83. The Kier molecular flexibility index (Phi) is 30.5. The zero-order valence-electron chi connectivity index (χ0n) is 46.0. The van der Waals surface area contributed by atoms with Gasteiger partial charge in [0, 0.05) is 17.8 Å². The van der Waals surface area contributed by atoms with Gasteiger partial charge in [0.15, 0.2) is 0 Å². The van der Waals surface area contributed by atoms with Crippen molar-refractivity contribution < 1.29 is 9.59 Å². The molecule has 5 aliphatic carbocycles. The van der Waals surface area contributed by atoms with Gasteiger partial charge in [-0.25, -0.2) is 0 Å². The van der Waals surface area contributed by atoms with Crippen LogP contribution in [0.15, 0.2) is 66.3 Å². The molecule has 2 aromatic rings. The summed E-state index contributed by atoms with van der Waals surface area (Å²) in [5.41, 5.74) is 8.96. The van der Waals surface area contributed by atoms with E-state index in [0.717, 1.165) is 60.2 Å². The minimum absolute atomic E-state index is 0.213. The van der Waals surface area contributed by atoms with Gasteiger partial charge in [0.05, 0.1) is 0 Å². The molecule has 0 spiro atoms. The number of hydrogen-bond donors (Lipinski definition) is 0. The van der Waals surface area contributed by atoms with Crippen LogP contribution in [0.5, 0.6) is 0 Å². The zero-order chi connectivity index (χ0) is 49.2. The van der Waals surface area contributed by atoms with Crippen LogP contribution in [0.25, 0.3) is 6.08 Å². The van der Waals surface area contributed by atoms with Gasteiger partial charge in [-0.3, -0.25) is 9.59 Å². The van der Waals surface area contributed by atoms with Crippen LogP contribution in [0.3, 0.4) is 0 Å². The largest absolute Gasteiger partial charge is 0.300 e. The lowest BCUT2D eigenvalue weighted by molar-refractivity contribution is -0.126. The Balaban J connectivity index is 0.000000390. The van der Waals surface area contributed by atoms with Gasteiger partial charge in [-0.1, -0.05) is 208 Å². The molecule has 2 heteroatoms. The highest BCUT2D eigenvalue weighted by Crippen LogP contribution is 2.50. The third-order valence-electron chi connectivity index (χ3n) is 14.3. The Hall–Kier alpha value is -2.74. The van der Waals surface area contributed by atoms with Gasteiger partial charge >= 0.3 is 0 Å². The number of rotatable bonds is 11. The van der Waals surface area contributed by atoms with E-state index in [1.807, 2.05) is 34.6 Å². The molecule has 0 aromatic heterocycles. The van der Waals surface area contributed by atoms with Crippen LogP contribution in [0.2, 0.25) is 0 Å². The van der Waals surface area contributed by atoms with E-state index in [1.54, 1.807) is 49.3 Å². The van der Waals surface area contributed by atoms with Crippen LogP contribution in [0, 0.1) is 71.0 Å². The summed E-state index contributed by atoms with van der Waals surface area (Å²) in [5.74, 6) is 10.0. The zero-order valence-corrected chi connectivity index (χ0v) is 46.0. The molecule has 0 aliphatic heterocycles.